The molecule has 164 valence electrons. The zero-order valence-corrected chi connectivity index (χ0v) is 18.5. The number of rotatable bonds is 4. The second kappa shape index (κ2) is 7.98. The van der Waals surface area contributed by atoms with Gasteiger partial charge in [0, 0.05) is 11.4 Å². The molecular formula is C25H22N6O2. The lowest BCUT2D eigenvalue weighted by Gasteiger charge is -2.21. The first-order chi connectivity index (χ1) is 16.0. The van der Waals surface area contributed by atoms with Crippen molar-refractivity contribution in [3.8, 4) is 5.69 Å². The Morgan fingerprint density at radius 2 is 1.85 bits per heavy atom. The Morgan fingerprint density at radius 3 is 2.64 bits per heavy atom. The fourth-order valence-corrected chi connectivity index (χ4v) is 4.25. The fourth-order valence-electron chi connectivity index (χ4n) is 4.25. The molecule has 5 aromatic rings. The number of aromatic nitrogens is 5. The smallest absolute Gasteiger partial charge is 0.263 e. The van der Waals surface area contributed by atoms with E-state index in [1.54, 1.807) is 11.5 Å². The van der Waals surface area contributed by atoms with E-state index in [0.717, 1.165) is 16.6 Å². The second-order valence-corrected chi connectivity index (χ2v) is 8.02. The average molecular weight is 438 g/mol. The lowest BCUT2D eigenvalue weighted by atomic mass is 10.0. The number of hydrogen-bond donors (Lipinski definition) is 1. The molecule has 0 aliphatic carbocycles. The lowest BCUT2D eigenvalue weighted by Crippen LogP contribution is -2.32. The molecule has 3 heterocycles. The number of nitrogens with zero attached hydrogens (tertiary/aromatic N) is 5. The van der Waals surface area contributed by atoms with Crippen LogP contribution in [0.25, 0.3) is 22.1 Å². The van der Waals surface area contributed by atoms with Crippen molar-refractivity contribution >= 4 is 22.3 Å². The van der Waals surface area contributed by atoms with E-state index in [-0.39, 0.29) is 11.5 Å². The van der Waals surface area contributed by atoms with E-state index in [1.165, 1.54) is 17.2 Å². The Labute approximate surface area is 189 Å². The van der Waals surface area contributed by atoms with Crippen LogP contribution < -0.4 is 10.9 Å². The summed E-state index contributed by atoms with van der Waals surface area (Å²) in [4.78, 5) is 35.1. The van der Waals surface area contributed by atoms with Gasteiger partial charge in [0.2, 0.25) is 0 Å². The van der Waals surface area contributed by atoms with Gasteiger partial charge in [-0.1, -0.05) is 36.4 Å². The third-order valence-electron chi connectivity index (χ3n) is 5.80. The molecule has 0 spiro atoms. The van der Waals surface area contributed by atoms with E-state index in [0.29, 0.717) is 28.0 Å². The largest absolute Gasteiger partial charge is 0.344 e. The number of carbonyl (C=O) groups is 1. The SMILES string of the molecule is Cc1nn2cncnc2c1C(=O)N[C@@H](C)c1cc2cccc(C)c2c(=O)n1-c1ccccc1. The molecule has 3 aromatic heterocycles. The number of fused-ring (bicyclic) bond motifs is 2. The molecule has 8 heteroatoms. The van der Waals surface area contributed by atoms with Gasteiger partial charge in [0.15, 0.2) is 5.65 Å². The molecule has 2 aromatic carbocycles. The van der Waals surface area contributed by atoms with Crippen molar-refractivity contribution < 1.29 is 4.79 Å². The van der Waals surface area contributed by atoms with E-state index >= 15 is 0 Å². The normalized spacial score (nSPS) is 12.2. The predicted octanol–water partition coefficient (Wildman–Crippen LogP) is 3.54. The second-order valence-electron chi connectivity index (χ2n) is 8.02. The van der Waals surface area contributed by atoms with Crippen LogP contribution in [0.15, 0.2) is 72.0 Å². The third-order valence-corrected chi connectivity index (χ3v) is 5.80. The van der Waals surface area contributed by atoms with Crippen LogP contribution in [0.1, 0.15) is 40.3 Å². The Bertz CT molecular complexity index is 1570. The summed E-state index contributed by atoms with van der Waals surface area (Å²) in [6.45, 7) is 5.55. The number of carbonyl (C=O) groups excluding carboxylic acids is 1. The van der Waals surface area contributed by atoms with Crippen molar-refractivity contribution in [3.05, 3.63) is 100 Å². The summed E-state index contributed by atoms with van der Waals surface area (Å²) >= 11 is 0. The van der Waals surface area contributed by atoms with Crippen molar-refractivity contribution in [3.63, 3.8) is 0 Å². The lowest BCUT2D eigenvalue weighted by molar-refractivity contribution is 0.0939. The van der Waals surface area contributed by atoms with Gasteiger partial charge < -0.3 is 5.32 Å². The van der Waals surface area contributed by atoms with Crippen LogP contribution in [0, 0.1) is 13.8 Å². The molecule has 0 aliphatic rings. The molecule has 0 aliphatic heterocycles. The van der Waals surface area contributed by atoms with E-state index in [4.69, 9.17) is 0 Å². The van der Waals surface area contributed by atoms with E-state index in [9.17, 15) is 9.59 Å². The van der Waals surface area contributed by atoms with Crippen LogP contribution in [-0.4, -0.2) is 30.1 Å². The summed E-state index contributed by atoms with van der Waals surface area (Å²) in [5.41, 5.74) is 3.58. The maximum absolute atomic E-state index is 13.6. The van der Waals surface area contributed by atoms with E-state index in [2.05, 4.69) is 20.4 Å². The third kappa shape index (κ3) is 3.45. The fraction of sp³-hybridized carbons (Fsp3) is 0.160. The molecular weight excluding hydrogens is 416 g/mol. The van der Waals surface area contributed by atoms with Crippen LogP contribution in [0.3, 0.4) is 0 Å². The van der Waals surface area contributed by atoms with E-state index < -0.39 is 6.04 Å². The minimum Gasteiger partial charge on any atom is -0.344 e. The van der Waals surface area contributed by atoms with Gasteiger partial charge in [-0.05, 0) is 49.9 Å². The maximum atomic E-state index is 13.6. The van der Waals surface area contributed by atoms with Crippen LogP contribution in [0.4, 0.5) is 0 Å². The van der Waals surface area contributed by atoms with Gasteiger partial charge in [-0.2, -0.15) is 5.10 Å². The quantitative estimate of drug-likeness (QED) is 0.463. The predicted molar refractivity (Wildman–Crippen MR) is 126 cm³/mol. The number of benzene rings is 2. The van der Waals surface area contributed by atoms with Gasteiger partial charge >= 0.3 is 0 Å². The van der Waals surface area contributed by atoms with Gasteiger partial charge in [-0.15, -0.1) is 0 Å². The van der Waals surface area contributed by atoms with E-state index in [1.807, 2.05) is 68.4 Å². The molecule has 1 N–H and O–H groups in total. The standard InChI is InChI=1S/C25H22N6O2/c1-15-8-7-9-18-12-20(31(25(33)21(15)18)19-10-5-4-6-11-19)16(2)28-24(32)22-17(3)29-30-14-26-13-27-23(22)30/h4-14,16H,1-3H3,(H,28,32)/t16-/m0/s1. The molecule has 33 heavy (non-hydrogen) atoms. The van der Waals surface area contributed by atoms with Gasteiger partial charge in [0.05, 0.1) is 17.1 Å². The van der Waals surface area contributed by atoms with Gasteiger partial charge in [-0.25, -0.2) is 14.5 Å². The summed E-state index contributed by atoms with van der Waals surface area (Å²) < 4.78 is 3.15. The summed E-state index contributed by atoms with van der Waals surface area (Å²) in [6.07, 6.45) is 2.89. The van der Waals surface area contributed by atoms with Crippen molar-refractivity contribution in [1.29, 1.82) is 0 Å². The topological polar surface area (TPSA) is 94.2 Å². The number of para-hydroxylation sites is 1. The molecule has 1 amide bonds. The zero-order valence-electron chi connectivity index (χ0n) is 18.5. The molecule has 8 nitrogen and oxygen atoms in total. The number of aryl methyl sites for hydroxylation is 2. The highest BCUT2D eigenvalue weighted by Gasteiger charge is 2.23. The molecule has 0 saturated heterocycles. The zero-order chi connectivity index (χ0) is 23.1. The molecule has 0 bridgehead atoms. The minimum absolute atomic E-state index is 0.118. The Balaban J connectivity index is 1.64. The first-order valence-corrected chi connectivity index (χ1v) is 10.6. The Morgan fingerprint density at radius 1 is 1.06 bits per heavy atom. The number of hydrogen-bond acceptors (Lipinski definition) is 5. The highest BCUT2D eigenvalue weighted by atomic mass is 16.2. The van der Waals surface area contributed by atoms with Crippen molar-refractivity contribution in [1.82, 2.24) is 29.5 Å². The van der Waals surface area contributed by atoms with Gasteiger partial charge in [0.25, 0.3) is 11.5 Å². The average Bonchev–Trinajstić information content (AvgIpc) is 3.15. The first-order valence-electron chi connectivity index (χ1n) is 10.6. The molecule has 1 atom stereocenters. The molecule has 0 saturated carbocycles. The summed E-state index contributed by atoms with van der Waals surface area (Å²) in [6, 6.07) is 16.7. The maximum Gasteiger partial charge on any atom is 0.263 e. The molecule has 5 rings (SSSR count). The van der Waals surface area contributed by atoms with Crippen LogP contribution in [0.5, 0.6) is 0 Å². The Kier molecular flexibility index (Phi) is 4.97. The molecule has 0 unspecified atom stereocenters. The summed E-state index contributed by atoms with van der Waals surface area (Å²) in [5.74, 6) is -0.315. The monoisotopic (exact) mass is 438 g/mol. The highest BCUT2D eigenvalue weighted by molar-refractivity contribution is 6.01. The minimum atomic E-state index is -0.466. The van der Waals surface area contributed by atoms with Crippen molar-refractivity contribution in [2.75, 3.05) is 0 Å². The molecule has 0 radical (unpaired) electrons. The van der Waals surface area contributed by atoms with Gasteiger partial charge in [0.1, 0.15) is 18.2 Å². The van der Waals surface area contributed by atoms with Gasteiger partial charge in [-0.3, -0.25) is 14.2 Å². The highest BCUT2D eigenvalue weighted by Crippen LogP contribution is 2.24. The number of amides is 1. The summed E-state index contributed by atoms with van der Waals surface area (Å²) in [5, 5.41) is 8.86. The number of pyridine rings is 1. The number of nitrogens with one attached hydrogen (secondary N) is 1. The first kappa shape index (κ1) is 20.6. The van der Waals surface area contributed by atoms with Crippen molar-refractivity contribution in [2.45, 2.75) is 26.8 Å². The van der Waals surface area contributed by atoms with Crippen LogP contribution >= 0.6 is 0 Å². The molecule has 0 fully saturated rings. The van der Waals surface area contributed by atoms with Crippen LogP contribution in [-0.2, 0) is 0 Å². The Hall–Kier alpha value is -4.33. The van der Waals surface area contributed by atoms with Crippen molar-refractivity contribution in [2.24, 2.45) is 0 Å². The van der Waals surface area contributed by atoms with Crippen LogP contribution in [0.2, 0.25) is 0 Å². The summed E-state index contributed by atoms with van der Waals surface area (Å²) in [7, 11) is 0.